The van der Waals surface area contributed by atoms with E-state index in [1.54, 1.807) is 35.2 Å². The van der Waals surface area contributed by atoms with Gasteiger partial charge >= 0.3 is 0 Å². The van der Waals surface area contributed by atoms with E-state index >= 15 is 0 Å². The quantitative estimate of drug-likeness (QED) is 0.917. The molecule has 0 aliphatic rings. The predicted molar refractivity (Wildman–Crippen MR) is 86.4 cm³/mol. The Hall–Kier alpha value is -2.00. The van der Waals surface area contributed by atoms with E-state index in [9.17, 15) is 9.90 Å². The molecule has 110 valence electrons. The third-order valence-corrected chi connectivity index (χ3v) is 3.71. The molecule has 0 atom stereocenters. The second-order valence-corrected chi connectivity index (χ2v) is 5.41. The molecule has 3 nitrogen and oxygen atoms in total. The Morgan fingerprint density at radius 2 is 1.90 bits per heavy atom. The van der Waals surface area contributed by atoms with Crippen LogP contribution in [-0.4, -0.2) is 17.6 Å². The SMILES string of the molecule is CCN(C(=O)c1ccc(C)cc1Cl)c1cc(O)ccc1C. The van der Waals surface area contributed by atoms with E-state index in [0.29, 0.717) is 22.8 Å². The van der Waals surface area contributed by atoms with Crippen molar-refractivity contribution in [2.45, 2.75) is 20.8 Å². The Kier molecular flexibility index (Phi) is 4.53. The highest BCUT2D eigenvalue weighted by atomic mass is 35.5. The van der Waals surface area contributed by atoms with Crippen LogP contribution in [0, 0.1) is 13.8 Å². The van der Waals surface area contributed by atoms with Gasteiger partial charge in [-0.3, -0.25) is 4.79 Å². The lowest BCUT2D eigenvalue weighted by Crippen LogP contribution is -2.31. The highest BCUT2D eigenvalue weighted by molar-refractivity contribution is 6.34. The van der Waals surface area contributed by atoms with Crippen molar-refractivity contribution in [3.05, 3.63) is 58.1 Å². The van der Waals surface area contributed by atoms with Crippen molar-refractivity contribution in [3.63, 3.8) is 0 Å². The van der Waals surface area contributed by atoms with Crippen molar-refractivity contribution in [3.8, 4) is 5.75 Å². The molecule has 0 aromatic heterocycles. The second kappa shape index (κ2) is 6.19. The van der Waals surface area contributed by atoms with Crippen LogP contribution >= 0.6 is 11.6 Å². The molecule has 0 heterocycles. The summed E-state index contributed by atoms with van der Waals surface area (Å²) in [6.07, 6.45) is 0. The second-order valence-electron chi connectivity index (χ2n) is 5.00. The summed E-state index contributed by atoms with van der Waals surface area (Å²) >= 11 is 6.19. The van der Waals surface area contributed by atoms with Crippen LogP contribution in [-0.2, 0) is 0 Å². The summed E-state index contributed by atoms with van der Waals surface area (Å²) in [6, 6.07) is 10.4. The van der Waals surface area contributed by atoms with E-state index in [2.05, 4.69) is 0 Å². The minimum absolute atomic E-state index is 0.136. The number of hydrogen-bond donors (Lipinski definition) is 1. The van der Waals surface area contributed by atoms with Gasteiger partial charge in [0.15, 0.2) is 0 Å². The lowest BCUT2D eigenvalue weighted by atomic mass is 10.1. The number of nitrogens with zero attached hydrogens (tertiary/aromatic N) is 1. The van der Waals surface area contributed by atoms with Crippen molar-refractivity contribution in [2.75, 3.05) is 11.4 Å². The van der Waals surface area contributed by atoms with E-state index in [1.807, 2.05) is 26.8 Å². The first-order valence-corrected chi connectivity index (χ1v) is 7.19. The van der Waals surface area contributed by atoms with Crippen LogP contribution in [0.1, 0.15) is 28.4 Å². The van der Waals surface area contributed by atoms with Crippen molar-refractivity contribution < 1.29 is 9.90 Å². The van der Waals surface area contributed by atoms with Gasteiger partial charge in [0, 0.05) is 12.6 Å². The number of phenols is 1. The first kappa shape index (κ1) is 15.4. The summed E-state index contributed by atoms with van der Waals surface area (Å²) < 4.78 is 0. The first-order valence-electron chi connectivity index (χ1n) is 6.81. The van der Waals surface area contributed by atoms with E-state index in [-0.39, 0.29) is 11.7 Å². The molecule has 0 spiro atoms. The number of halogens is 1. The summed E-state index contributed by atoms with van der Waals surface area (Å²) in [6.45, 7) is 6.22. The highest BCUT2D eigenvalue weighted by Gasteiger charge is 2.20. The van der Waals surface area contributed by atoms with Gasteiger partial charge < -0.3 is 10.0 Å². The fourth-order valence-corrected chi connectivity index (χ4v) is 2.57. The number of hydrogen-bond acceptors (Lipinski definition) is 2. The fraction of sp³-hybridized carbons (Fsp3) is 0.235. The molecule has 0 radical (unpaired) electrons. The molecule has 0 saturated heterocycles. The molecule has 0 fully saturated rings. The molecule has 0 saturated carbocycles. The molecule has 1 amide bonds. The lowest BCUT2D eigenvalue weighted by Gasteiger charge is -2.23. The van der Waals surface area contributed by atoms with Gasteiger partial charge in [-0.1, -0.05) is 23.7 Å². The number of amides is 1. The number of carbonyl (C=O) groups is 1. The summed E-state index contributed by atoms with van der Waals surface area (Å²) in [5, 5.41) is 10.1. The molecule has 0 aliphatic heterocycles. The molecule has 0 unspecified atom stereocenters. The van der Waals surface area contributed by atoms with Gasteiger partial charge in [0.1, 0.15) is 5.75 Å². The maximum absolute atomic E-state index is 12.7. The van der Waals surface area contributed by atoms with Crippen molar-refractivity contribution in [1.82, 2.24) is 0 Å². The Balaban J connectivity index is 2.45. The van der Waals surface area contributed by atoms with Gasteiger partial charge in [0.2, 0.25) is 0 Å². The molecule has 2 rings (SSSR count). The summed E-state index contributed by atoms with van der Waals surface area (Å²) in [4.78, 5) is 14.3. The molecule has 0 aliphatic carbocycles. The minimum atomic E-state index is -0.170. The van der Waals surface area contributed by atoms with Gasteiger partial charge in [-0.05, 0) is 50.1 Å². The maximum atomic E-state index is 12.7. The third kappa shape index (κ3) is 3.19. The third-order valence-electron chi connectivity index (χ3n) is 3.40. The summed E-state index contributed by atoms with van der Waals surface area (Å²) in [5.74, 6) is -0.0342. The Morgan fingerprint density at radius 1 is 1.19 bits per heavy atom. The standard InChI is InChI=1S/C17H18ClNO2/c1-4-19(16-10-13(20)7-6-12(16)3)17(21)14-8-5-11(2)9-15(14)18/h5-10,20H,4H2,1-3H3. The number of aryl methyl sites for hydroxylation is 2. The molecule has 0 bridgehead atoms. The van der Waals surface area contributed by atoms with Gasteiger partial charge in [-0.2, -0.15) is 0 Å². The molecule has 21 heavy (non-hydrogen) atoms. The van der Waals surface area contributed by atoms with Crippen molar-refractivity contribution in [1.29, 1.82) is 0 Å². The molecule has 4 heteroatoms. The number of benzene rings is 2. The number of anilines is 1. The Labute approximate surface area is 129 Å². The molecular formula is C17H18ClNO2. The number of aromatic hydroxyl groups is 1. The van der Waals surface area contributed by atoms with E-state index in [4.69, 9.17) is 11.6 Å². The molecule has 2 aromatic carbocycles. The van der Waals surface area contributed by atoms with Crippen LogP contribution in [0.25, 0.3) is 0 Å². The predicted octanol–water partition coefficient (Wildman–Crippen LogP) is 4.33. The van der Waals surface area contributed by atoms with Crippen LogP contribution in [0.15, 0.2) is 36.4 Å². The summed E-state index contributed by atoms with van der Waals surface area (Å²) in [7, 11) is 0. The van der Waals surface area contributed by atoms with Crippen LogP contribution in [0.3, 0.4) is 0 Å². The van der Waals surface area contributed by atoms with E-state index in [0.717, 1.165) is 11.1 Å². The van der Waals surface area contributed by atoms with E-state index in [1.165, 1.54) is 0 Å². The van der Waals surface area contributed by atoms with Crippen LogP contribution in [0.2, 0.25) is 5.02 Å². The first-order chi connectivity index (χ1) is 9.93. The fourth-order valence-electron chi connectivity index (χ4n) is 2.25. The maximum Gasteiger partial charge on any atom is 0.259 e. The minimum Gasteiger partial charge on any atom is -0.508 e. The monoisotopic (exact) mass is 303 g/mol. The smallest absolute Gasteiger partial charge is 0.259 e. The zero-order valence-electron chi connectivity index (χ0n) is 12.4. The average Bonchev–Trinajstić information content (AvgIpc) is 2.43. The van der Waals surface area contributed by atoms with Gasteiger partial charge in [0.05, 0.1) is 16.3 Å². The zero-order valence-corrected chi connectivity index (χ0v) is 13.1. The van der Waals surface area contributed by atoms with Crippen molar-refractivity contribution in [2.24, 2.45) is 0 Å². The van der Waals surface area contributed by atoms with Crippen LogP contribution in [0.5, 0.6) is 5.75 Å². The summed E-state index contributed by atoms with van der Waals surface area (Å²) in [5.41, 5.74) is 3.09. The van der Waals surface area contributed by atoms with Crippen molar-refractivity contribution >= 4 is 23.2 Å². The van der Waals surface area contributed by atoms with Gasteiger partial charge in [-0.25, -0.2) is 0 Å². The number of phenolic OH excluding ortho intramolecular Hbond substituents is 1. The largest absolute Gasteiger partial charge is 0.508 e. The molecule has 1 N–H and O–H groups in total. The zero-order chi connectivity index (χ0) is 15.6. The highest BCUT2D eigenvalue weighted by Crippen LogP contribution is 2.28. The Morgan fingerprint density at radius 3 is 2.52 bits per heavy atom. The normalized spacial score (nSPS) is 10.5. The van der Waals surface area contributed by atoms with Crippen LogP contribution < -0.4 is 4.90 Å². The topological polar surface area (TPSA) is 40.5 Å². The molecular weight excluding hydrogens is 286 g/mol. The van der Waals surface area contributed by atoms with E-state index < -0.39 is 0 Å². The lowest BCUT2D eigenvalue weighted by molar-refractivity contribution is 0.0988. The molecule has 2 aromatic rings. The van der Waals surface area contributed by atoms with Gasteiger partial charge in [0.25, 0.3) is 5.91 Å². The van der Waals surface area contributed by atoms with Gasteiger partial charge in [-0.15, -0.1) is 0 Å². The number of carbonyl (C=O) groups excluding carboxylic acids is 1. The van der Waals surface area contributed by atoms with Crippen LogP contribution in [0.4, 0.5) is 5.69 Å². The average molecular weight is 304 g/mol. The Bertz CT molecular complexity index is 682. The number of rotatable bonds is 3.